The molecule has 5 nitrogen and oxygen atoms in total. The molecule has 3 fully saturated rings. The van der Waals surface area contributed by atoms with Crippen molar-refractivity contribution in [1.29, 1.82) is 0 Å². The number of halogens is 3. The number of piperidine rings is 2. The molecule has 2 aromatic rings. The number of aryl methyl sites for hydroxylation is 1. The summed E-state index contributed by atoms with van der Waals surface area (Å²) in [5.74, 6) is -1.75. The number of benzene rings is 1. The fourth-order valence-electron chi connectivity index (χ4n) is 4.98. The van der Waals surface area contributed by atoms with Crippen LogP contribution in [0.5, 0.6) is 0 Å². The summed E-state index contributed by atoms with van der Waals surface area (Å²) in [4.78, 5) is 22.1. The van der Waals surface area contributed by atoms with Crippen molar-refractivity contribution in [1.82, 2.24) is 4.98 Å². The van der Waals surface area contributed by atoms with E-state index < -0.39 is 5.92 Å². The van der Waals surface area contributed by atoms with Gasteiger partial charge in [-0.05, 0) is 73.9 Å². The van der Waals surface area contributed by atoms with Crippen molar-refractivity contribution in [2.24, 2.45) is 5.41 Å². The van der Waals surface area contributed by atoms with Gasteiger partial charge in [0.15, 0.2) is 0 Å². The van der Waals surface area contributed by atoms with Crippen molar-refractivity contribution in [2.75, 3.05) is 41.3 Å². The van der Waals surface area contributed by atoms with Crippen LogP contribution in [-0.2, 0) is 0 Å². The van der Waals surface area contributed by atoms with E-state index in [1.165, 1.54) is 25.7 Å². The quantitative estimate of drug-likeness (QED) is 0.537. The molecule has 176 valence electrons. The molecule has 1 saturated carbocycles. The molecule has 3 aliphatic rings. The largest absolute Gasteiger partial charge is 0.371 e. The first-order valence-corrected chi connectivity index (χ1v) is 12.5. The minimum atomic E-state index is -2.61. The molecule has 33 heavy (non-hydrogen) atoms. The number of nitrogens with one attached hydrogen (secondary N) is 1. The highest BCUT2D eigenvalue weighted by atomic mass is 79.9. The van der Waals surface area contributed by atoms with Gasteiger partial charge < -0.3 is 15.1 Å². The van der Waals surface area contributed by atoms with E-state index in [0.717, 1.165) is 28.8 Å². The minimum absolute atomic E-state index is 0.177. The van der Waals surface area contributed by atoms with Crippen LogP contribution in [-0.4, -0.2) is 43.0 Å². The number of carbonyl (C=O) groups is 1. The van der Waals surface area contributed by atoms with Crippen molar-refractivity contribution in [2.45, 2.75) is 51.4 Å². The summed E-state index contributed by atoms with van der Waals surface area (Å²) in [6, 6.07) is 9.44. The third kappa shape index (κ3) is 5.00. The fourth-order valence-corrected chi connectivity index (χ4v) is 5.33. The molecule has 1 N–H and O–H groups in total. The molecule has 8 heteroatoms. The van der Waals surface area contributed by atoms with Crippen LogP contribution >= 0.6 is 15.9 Å². The Morgan fingerprint density at radius 1 is 0.970 bits per heavy atom. The molecule has 3 heterocycles. The van der Waals surface area contributed by atoms with Gasteiger partial charge in [-0.25, -0.2) is 13.8 Å². The maximum atomic E-state index is 13.6. The van der Waals surface area contributed by atoms with Gasteiger partial charge in [0, 0.05) is 43.5 Å². The molecule has 1 aliphatic carbocycles. The van der Waals surface area contributed by atoms with Gasteiger partial charge in [-0.3, -0.25) is 4.79 Å². The zero-order valence-electron chi connectivity index (χ0n) is 18.8. The van der Waals surface area contributed by atoms with Crippen LogP contribution in [0, 0.1) is 12.3 Å². The molecular formula is C25H29BrF2N4O. The first kappa shape index (κ1) is 22.6. The first-order chi connectivity index (χ1) is 15.7. The smallest absolute Gasteiger partial charge is 0.258 e. The van der Waals surface area contributed by atoms with Gasteiger partial charge in [-0.15, -0.1) is 0 Å². The van der Waals surface area contributed by atoms with Crippen molar-refractivity contribution >= 4 is 39.2 Å². The van der Waals surface area contributed by atoms with Gasteiger partial charge in [-0.1, -0.05) is 15.9 Å². The second-order valence-corrected chi connectivity index (χ2v) is 10.7. The summed E-state index contributed by atoms with van der Waals surface area (Å²) in [6.45, 7) is 4.35. The highest BCUT2D eigenvalue weighted by Crippen LogP contribution is 2.54. The molecule has 2 aliphatic heterocycles. The van der Waals surface area contributed by atoms with E-state index in [1.807, 2.05) is 42.2 Å². The Kier molecular flexibility index (Phi) is 5.83. The number of alkyl halides is 2. The Bertz CT molecular complexity index is 1050. The SMILES string of the molecule is Cc1cc(NC(=O)c2ccc(Br)cc2N2CCC3(CC2)CC3)nc(N2CCC(F)(F)CC2)c1. The summed E-state index contributed by atoms with van der Waals surface area (Å²) in [7, 11) is 0. The lowest BCUT2D eigenvalue weighted by Crippen LogP contribution is -2.39. The number of aromatic nitrogens is 1. The third-order valence-corrected chi connectivity index (χ3v) is 7.84. The van der Waals surface area contributed by atoms with E-state index in [-0.39, 0.29) is 31.8 Å². The predicted molar refractivity (Wildman–Crippen MR) is 131 cm³/mol. The van der Waals surface area contributed by atoms with Gasteiger partial charge in [0.2, 0.25) is 0 Å². The first-order valence-electron chi connectivity index (χ1n) is 11.7. The lowest BCUT2D eigenvalue weighted by Gasteiger charge is -2.35. The van der Waals surface area contributed by atoms with Crippen LogP contribution in [0.25, 0.3) is 0 Å². The van der Waals surface area contributed by atoms with Gasteiger partial charge in [0.1, 0.15) is 11.6 Å². The predicted octanol–water partition coefficient (Wildman–Crippen LogP) is 6.02. The van der Waals surface area contributed by atoms with Crippen molar-refractivity contribution < 1.29 is 13.6 Å². The van der Waals surface area contributed by atoms with Crippen molar-refractivity contribution in [3.8, 4) is 0 Å². The number of nitrogens with zero attached hydrogens (tertiary/aromatic N) is 3. The molecule has 2 saturated heterocycles. The van der Waals surface area contributed by atoms with Gasteiger partial charge >= 0.3 is 0 Å². The number of carbonyl (C=O) groups excluding carboxylic acids is 1. The summed E-state index contributed by atoms with van der Waals surface area (Å²) >= 11 is 3.56. The number of rotatable bonds is 4. The third-order valence-electron chi connectivity index (χ3n) is 7.34. The molecule has 0 atom stereocenters. The van der Waals surface area contributed by atoms with E-state index in [4.69, 9.17) is 0 Å². The summed E-state index contributed by atoms with van der Waals surface area (Å²) in [5, 5.41) is 2.96. The normalized spacial score (nSPS) is 21.2. The number of hydrogen-bond donors (Lipinski definition) is 1. The average Bonchev–Trinajstić information content (AvgIpc) is 3.52. The Morgan fingerprint density at radius 2 is 1.64 bits per heavy atom. The number of anilines is 3. The van der Waals surface area contributed by atoms with Crippen LogP contribution in [0.3, 0.4) is 0 Å². The van der Waals surface area contributed by atoms with Crippen LogP contribution in [0.4, 0.5) is 26.1 Å². The Morgan fingerprint density at radius 3 is 2.30 bits per heavy atom. The summed E-state index contributed by atoms with van der Waals surface area (Å²) in [5.41, 5.74) is 3.04. The molecular weight excluding hydrogens is 490 g/mol. The van der Waals surface area contributed by atoms with Gasteiger partial charge in [-0.2, -0.15) is 0 Å². The van der Waals surface area contributed by atoms with Gasteiger partial charge in [0.05, 0.1) is 11.3 Å². The van der Waals surface area contributed by atoms with Crippen LogP contribution in [0.15, 0.2) is 34.8 Å². The van der Waals surface area contributed by atoms with E-state index in [0.29, 0.717) is 22.6 Å². The standard InChI is InChI=1S/C25H29BrF2N4O/c1-17-14-21(29-22(15-17)32-12-8-25(27,28)9-13-32)30-23(33)19-3-2-18(26)16-20(19)31-10-6-24(4-5-24)7-11-31/h2-3,14-16H,4-13H2,1H3,(H,29,30,33). The molecule has 1 spiro atoms. The zero-order chi connectivity index (χ0) is 23.2. The van der Waals surface area contributed by atoms with E-state index in [1.54, 1.807) is 0 Å². The number of pyridine rings is 1. The van der Waals surface area contributed by atoms with Crippen LogP contribution in [0.1, 0.15) is 54.4 Å². The second-order valence-electron chi connectivity index (χ2n) is 9.83. The van der Waals surface area contributed by atoms with E-state index in [9.17, 15) is 13.6 Å². The molecule has 1 aromatic carbocycles. The highest BCUT2D eigenvalue weighted by Gasteiger charge is 2.44. The molecule has 0 radical (unpaired) electrons. The molecule has 0 bridgehead atoms. The number of hydrogen-bond acceptors (Lipinski definition) is 4. The maximum Gasteiger partial charge on any atom is 0.258 e. The summed E-state index contributed by atoms with van der Waals surface area (Å²) in [6.07, 6.45) is 4.68. The number of amides is 1. The zero-order valence-corrected chi connectivity index (χ0v) is 20.4. The lowest BCUT2D eigenvalue weighted by molar-refractivity contribution is -0.0221. The monoisotopic (exact) mass is 518 g/mol. The van der Waals surface area contributed by atoms with Crippen LogP contribution < -0.4 is 15.1 Å². The van der Waals surface area contributed by atoms with Crippen molar-refractivity contribution in [3.05, 3.63) is 45.9 Å². The average molecular weight is 519 g/mol. The topological polar surface area (TPSA) is 48.5 Å². The van der Waals surface area contributed by atoms with Crippen LogP contribution in [0.2, 0.25) is 0 Å². The lowest BCUT2D eigenvalue weighted by atomic mass is 9.93. The second kappa shape index (κ2) is 8.53. The van der Waals surface area contributed by atoms with Gasteiger partial charge in [0.25, 0.3) is 11.8 Å². The highest BCUT2D eigenvalue weighted by molar-refractivity contribution is 9.10. The van der Waals surface area contributed by atoms with Crippen molar-refractivity contribution in [3.63, 3.8) is 0 Å². The molecule has 5 rings (SSSR count). The Hall–Kier alpha value is -2.22. The molecule has 0 unspecified atom stereocenters. The van der Waals surface area contributed by atoms with E-state index in [2.05, 4.69) is 31.1 Å². The maximum absolute atomic E-state index is 13.6. The summed E-state index contributed by atoms with van der Waals surface area (Å²) < 4.78 is 28.1. The molecule has 1 amide bonds. The fraction of sp³-hybridized carbons (Fsp3) is 0.520. The molecule has 1 aromatic heterocycles. The minimum Gasteiger partial charge on any atom is -0.371 e. The Balaban J connectivity index is 1.34. The Labute approximate surface area is 201 Å². The van der Waals surface area contributed by atoms with E-state index >= 15 is 0 Å².